The van der Waals surface area contributed by atoms with Crippen molar-refractivity contribution in [2.75, 3.05) is 13.1 Å². The van der Waals surface area contributed by atoms with Crippen LogP contribution in [0.25, 0.3) is 0 Å². The molecule has 3 heteroatoms. The lowest BCUT2D eigenvalue weighted by atomic mass is 9.80. The van der Waals surface area contributed by atoms with Gasteiger partial charge in [-0.15, -0.1) is 0 Å². The van der Waals surface area contributed by atoms with Crippen LogP contribution in [0, 0.1) is 5.92 Å². The summed E-state index contributed by atoms with van der Waals surface area (Å²) in [6.45, 7) is 7.92. The molecule has 0 aromatic carbocycles. The predicted molar refractivity (Wildman–Crippen MR) is 56.3 cm³/mol. The molecule has 1 fully saturated rings. The highest BCUT2D eigenvalue weighted by molar-refractivity contribution is 5.79. The SMILES string of the molecule is CCC1CCN(CC)[C@]1(CC)C(=O)O. The number of carbonyl (C=O) groups is 1. The third-order valence-electron chi connectivity index (χ3n) is 3.77. The lowest BCUT2D eigenvalue weighted by Crippen LogP contribution is -2.53. The molecule has 0 spiro atoms. The van der Waals surface area contributed by atoms with Crippen LogP contribution in [0.3, 0.4) is 0 Å². The summed E-state index contributed by atoms with van der Waals surface area (Å²) < 4.78 is 0. The Labute approximate surface area is 86.1 Å². The van der Waals surface area contributed by atoms with E-state index in [9.17, 15) is 9.90 Å². The molecule has 1 aliphatic rings. The number of carboxylic acids is 1. The van der Waals surface area contributed by atoms with Crippen molar-refractivity contribution in [1.82, 2.24) is 4.90 Å². The molecule has 1 heterocycles. The Bertz CT molecular complexity index is 203. The molecule has 3 nitrogen and oxygen atoms in total. The minimum atomic E-state index is -0.633. The Morgan fingerprint density at radius 1 is 1.50 bits per heavy atom. The number of likely N-dealkylation sites (N-methyl/N-ethyl adjacent to an activating group) is 1. The molecule has 0 radical (unpaired) electrons. The fourth-order valence-electron chi connectivity index (χ4n) is 2.96. The summed E-state index contributed by atoms with van der Waals surface area (Å²) in [4.78, 5) is 13.6. The standard InChI is InChI=1S/C11H21NO2/c1-4-9-7-8-12(6-3)11(9,5-2)10(13)14/h9H,4-8H2,1-3H3,(H,13,14)/t9?,11-/m0/s1. The van der Waals surface area contributed by atoms with E-state index in [2.05, 4.69) is 11.8 Å². The third kappa shape index (κ3) is 1.44. The summed E-state index contributed by atoms with van der Waals surface area (Å²) in [5.41, 5.74) is -0.580. The third-order valence-corrected chi connectivity index (χ3v) is 3.77. The Kier molecular flexibility index (Phi) is 3.53. The number of likely N-dealkylation sites (tertiary alicyclic amines) is 1. The molecule has 1 unspecified atom stereocenters. The molecule has 1 N–H and O–H groups in total. The van der Waals surface area contributed by atoms with Gasteiger partial charge in [0.1, 0.15) is 5.54 Å². The molecular weight excluding hydrogens is 178 g/mol. The molecule has 1 aliphatic heterocycles. The maximum atomic E-state index is 11.5. The molecule has 0 saturated carbocycles. The minimum Gasteiger partial charge on any atom is -0.480 e. The lowest BCUT2D eigenvalue weighted by molar-refractivity contribution is -0.152. The zero-order chi connectivity index (χ0) is 10.8. The van der Waals surface area contributed by atoms with Crippen molar-refractivity contribution in [2.45, 2.75) is 45.6 Å². The van der Waals surface area contributed by atoms with Crippen molar-refractivity contribution >= 4 is 5.97 Å². The van der Waals surface area contributed by atoms with Gasteiger partial charge >= 0.3 is 5.97 Å². The first-order chi connectivity index (χ1) is 6.63. The summed E-state index contributed by atoms with van der Waals surface area (Å²) in [5, 5.41) is 9.43. The Balaban J connectivity index is 3.00. The van der Waals surface area contributed by atoms with E-state index in [1.807, 2.05) is 13.8 Å². The van der Waals surface area contributed by atoms with Gasteiger partial charge in [-0.05, 0) is 31.8 Å². The summed E-state index contributed by atoms with van der Waals surface area (Å²) in [7, 11) is 0. The van der Waals surface area contributed by atoms with Crippen molar-refractivity contribution in [3.63, 3.8) is 0 Å². The molecule has 14 heavy (non-hydrogen) atoms. The van der Waals surface area contributed by atoms with E-state index in [0.717, 1.165) is 25.9 Å². The number of hydrogen-bond donors (Lipinski definition) is 1. The van der Waals surface area contributed by atoms with Gasteiger partial charge in [0.05, 0.1) is 0 Å². The molecule has 1 saturated heterocycles. The van der Waals surface area contributed by atoms with E-state index in [4.69, 9.17) is 0 Å². The Morgan fingerprint density at radius 3 is 2.50 bits per heavy atom. The normalized spacial score (nSPS) is 33.5. The molecular formula is C11H21NO2. The highest BCUT2D eigenvalue weighted by Crippen LogP contribution is 2.39. The summed E-state index contributed by atoms with van der Waals surface area (Å²) in [5.74, 6) is -0.309. The first-order valence-electron chi connectivity index (χ1n) is 5.61. The Hall–Kier alpha value is -0.570. The summed E-state index contributed by atoms with van der Waals surface area (Å²) in [6, 6.07) is 0. The van der Waals surface area contributed by atoms with Crippen LogP contribution < -0.4 is 0 Å². The fraction of sp³-hybridized carbons (Fsp3) is 0.909. The average Bonchev–Trinajstić information content (AvgIpc) is 2.55. The van der Waals surface area contributed by atoms with Gasteiger partial charge in [0.25, 0.3) is 0 Å². The Morgan fingerprint density at radius 2 is 2.14 bits per heavy atom. The van der Waals surface area contributed by atoms with Crippen LogP contribution in [-0.2, 0) is 4.79 Å². The first kappa shape index (κ1) is 11.5. The summed E-state index contributed by atoms with van der Waals surface area (Å²) >= 11 is 0. The van der Waals surface area contributed by atoms with Crippen molar-refractivity contribution in [1.29, 1.82) is 0 Å². The number of carboxylic acid groups (broad SMARTS) is 1. The minimum absolute atomic E-state index is 0.324. The van der Waals surface area contributed by atoms with Gasteiger partial charge in [-0.1, -0.05) is 27.2 Å². The number of hydrogen-bond acceptors (Lipinski definition) is 2. The van der Waals surface area contributed by atoms with Gasteiger partial charge in [0.15, 0.2) is 0 Å². The molecule has 0 aromatic rings. The van der Waals surface area contributed by atoms with Crippen LogP contribution in [0.5, 0.6) is 0 Å². The van der Waals surface area contributed by atoms with Crippen LogP contribution in [0.15, 0.2) is 0 Å². The quantitative estimate of drug-likeness (QED) is 0.752. The first-order valence-corrected chi connectivity index (χ1v) is 5.61. The zero-order valence-electron chi connectivity index (χ0n) is 9.42. The van der Waals surface area contributed by atoms with Gasteiger partial charge in [0, 0.05) is 0 Å². The predicted octanol–water partition coefficient (Wildman–Crippen LogP) is 1.97. The van der Waals surface area contributed by atoms with Gasteiger partial charge < -0.3 is 5.11 Å². The molecule has 2 atom stereocenters. The molecule has 1 rings (SSSR count). The zero-order valence-corrected chi connectivity index (χ0v) is 9.42. The van der Waals surface area contributed by atoms with Crippen molar-refractivity contribution in [3.8, 4) is 0 Å². The van der Waals surface area contributed by atoms with Gasteiger partial charge in [-0.25, -0.2) is 0 Å². The lowest BCUT2D eigenvalue weighted by Gasteiger charge is -2.37. The maximum Gasteiger partial charge on any atom is 0.324 e. The van der Waals surface area contributed by atoms with Crippen LogP contribution in [0.4, 0.5) is 0 Å². The fourth-order valence-corrected chi connectivity index (χ4v) is 2.96. The molecule has 0 aliphatic carbocycles. The maximum absolute atomic E-state index is 11.5. The molecule has 0 amide bonds. The largest absolute Gasteiger partial charge is 0.480 e. The van der Waals surface area contributed by atoms with E-state index in [1.165, 1.54) is 0 Å². The van der Waals surface area contributed by atoms with Gasteiger partial charge in [-0.3, -0.25) is 9.69 Å². The molecule has 0 bridgehead atoms. The highest BCUT2D eigenvalue weighted by atomic mass is 16.4. The van der Waals surface area contributed by atoms with Crippen LogP contribution in [-0.4, -0.2) is 34.6 Å². The second-order valence-electron chi connectivity index (χ2n) is 4.06. The number of aliphatic carboxylic acids is 1. The van der Waals surface area contributed by atoms with E-state index in [0.29, 0.717) is 12.3 Å². The molecule has 82 valence electrons. The van der Waals surface area contributed by atoms with Crippen LogP contribution >= 0.6 is 0 Å². The second-order valence-corrected chi connectivity index (χ2v) is 4.06. The van der Waals surface area contributed by atoms with Gasteiger partial charge in [-0.2, -0.15) is 0 Å². The molecule has 0 aromatic heterocycles. The van der Waals surface area contributed by atoms with E-state index in [1.54, 1.807) is 0 Å². The number of nitrogens with zero attached hydrogens (tertiary/aromatic N) is 1. The number of rotatable bonds is 4. The summed E-state index contributed by atoms with van der Waals surface area (Å²) in [6.07, 6.45) is 2.72. The smallest absolute Gasteiger partial charge is 0.324 e. The van der Waals surface area contributed by atoms with Crippen molar-refractivity contribution in [3.05, 3.63) is 0 Å². The second kappa shape index (κ2) is 4.30. The average molecular weight is 199 g/mol. The van der Waals surface area contributed by atoms with E-state index >= 15 is 0 Å². The van der Waals surface area contributed by atoms with E-state index < -0.39 is 11.5 Å². The topological polar surface area (TPSA) is 40.5 Å². The monoisotopic (exact) mass is 199 g/mol. The van der Waals surface area contributed by atoms with Gasteiger partial charge in [0.2, 0.25) is 0 Å². The van der Waals surface area contributed by atoms with Crippen molar-refractivity contribution in [2.24, 2.45) is 5.92 Å². The van der Waals surface area contributed by atoms with Crippen LogP contribution in [0.2, 0.25) is 0 Å². The van der Waals surface area contributed by atoms with Crippen LogP contribution in [0.1, 0.15) is 40.0 Å². The van der Waals surface area contributed by atoms with Crippen molar-refractivity contribution < 1.29 is 9.90 Å². The highest BCUT2D eigenvalue weighted by Gasteiger charge is 2.51. The van der Waals surface area contributed by atoms with E-state index in [-0.39, 0.29) is 0 Å².